The van der Waals surface area contributed by atoms with Gasteiger partial charge in [-0.15, -0.1) is 0 Å². The highest BCUT2D eigenvalue weighted by atomic mass is 16.5. The summed E-state index contributed by atoms with van der Waals surface area (Å²) in [6.45, 7) is 8.53. The number of carbonyl (C=O) groups excluding carboxylic acids is 2. The highest BCUT2D eigenvalue weighted by Crippen LogP contribution is 2.43. The number of nitrogens with zero attached hydrogens (tertiary/aromatic N) is 1. The molecule has 1 amide bonds. The average molecular weight is 486 g/mol. The number of anilines is 1. The lowest BCUT2D eigenvalue weighted by molar-refractivity contribution is -0.132. The molecular formula is C30H31NO5. The van der Waals surface area contributed by atoms with E-state index < -0.39 is 17.7 Å². The molecular weight excluding hydrogens is 454 g/mol. The third-order valence-electron chi connectivity index (χ3n) is 6.11. The van der Waals surface area contributed by atoms with Gasteiger partial charge in [-0.1, -0.05) is 49.7 Å². The largest absolute Gasteiger partial charge is 0.507 e. The summed E-state index contributed by atoms with van der Waals surface area (Å²) in [7, 11) is 1.50. The summed E-state index contributed by atoms with van der Waals surface area (Å²) in [6.07, 6.45) is 0. The van der Waals surface area contributed by atoms with Crippen molar-refractivity contribution in [1.82, 2.24) is 0 Å². The molecule has 1 fully saturated rings. The molecule has 0 bridgehead atoms. The van der Waals surface area contributed by atoms with Crippen molar-refractivity contribution in [3.63, 3.8) is 0 Å². The minimum absolute atomic E-state index is 0.0151. The number of hydrogen-bond acceptors (Lipinski definition) is 5. The van der Waals surface area contributed by atoms with Crippen molar-refractivity contribution in [2.24, 2.45) is 5.92 Å². The van der Waals surface area contributed by atoms with Crippen molar-refractivity contribution in [3.05, 3.63) is 94.6 Å². The van der Waals surface area contributed by atoms with Gasteiger partial charge in [0.05, 0.1) is 30.9 Å². The first-order valence-electron chi connectivity index (χ1n) is 12.0. The summed E-state index contributed by atoms with van der Waals surface area (Å²) in [5.74, 6) is -0.227. The molecule has 36 heavy (non-hydrogen) atoms. The molecule has 0 aromatic heterocycles. The molecule has 4 rings (SSSR count). The second-order valence-corrected chi connectivity index (χ2v) is 9.49. The Kier molecular flexibility index (Phi) is 7.15. The first kappa shape index (κ1) is 25.0. The molecule has 1 heterocycles. The van der Waals surface area contributed by atoms with E-state index in [1.54, 1.807) is 18.2 Å². The lowest BCUT2D eigenvalue weighted by Gasteiger charge is -2.26. The highest BCUT2D eigenvalue weighted by molar-refractivity contribution is 6.51. The van der Waals surface area contributed by atoms with Gasteiger partial charge >= 0.3 is 0 Å². The molecule has 6 nitrogen and oxygen atoms in total. The Bertz CT molecular complexity index is 1320. The Morgan fingerprint density at radius 2 is 1.67 bits per heavy atom. The topological polar surface area (TPSA) is 76.1 Å². The van der Waals surface area contributed by atoms with E-state index in [0.29, 0.717) is 40.8 Å². The minimum Gasteiger partial charge on any atom is -0.507 e. The van der Waals surface area contributed by atoms with Gasteiger partial charge in [-0.2, -0.15) is 0 Å². The Balaban J connectivity index is 1.90. The number of Topliss-reactive ketones (excluding diaryl/α,β-unsaturated/α-hetero) is 1. The number of benzene rings is 3. The van der Waals surface area contributed by atoms with Gasteiger partial charge in [-0.05, 0) is 67.3 Å². The molecule has 1 saturated heterocycles. The molecule has 0 aliphatic carbocycles. The van der Waals surface area contributed by atoms with Crippen LogP contribution in [-0.4, -0.2) is 30.5 Å². The lowest BCUT2D eigenvalue weighted by atomic mass is 9.94. The van der Waals surface area contributed by atoms with Crippen LogP contribution in [0.15, 0.2) is 72.3 Å². The number of amides is 1. The molecule has 1 atom stereocenters. The number of ether oxygens (including phenoxy) is 2. The first-order chi connectivity index (χ1) is 17.2. The van der Waals surface area contributed by atoms with Crippen molar-refractivity contribution >= 4 is 23.1 Å². The summed E-state index contributed by atoms with van der Waals surface area (Å²) < 4.78 is 11.3. The molecule has 1 N–H and O–H groups in total. The predicted molar refractivity (Wildman–Crippen MR) is 140 cm³/mol. The highest BCUT2D eigenvalue weighted by Gasteiger charge is 2.47. The van der Waals surface area contributed by atoms with E-state index >= 15 is 0 Å². The van der Waals surface area contributed by atoms with Crippen LogP contribution in [0.4, 0.5) is 5.69 Å². The summed E-state index contributed by atoms with van der Waals surface area (Å²) >= 11 is 0. The van der Waals surface area contributed by atoms with Gasteiger partial charge in [0.25, 0.3) is 11.7 Å². The molecule has 6 heteroatoms. The number of aryl methyl sites for hydroxylation is 2. The van der Waals surface area contributed by atoms with Crippen LogP contribution in [0.1, 0.15) is 42.1 Å². The van der Waals surface area contributed by atoms with Crippen LogP contribution in [0.3, 0.4) is 0 Å². The standard InChI is InChI=1S/C30H31NO5/c1-18(2)17-36-23-12-10-21(11-13-23)27-26(28(32)24-16-20(4)9-14-25(24)35-5)29(33)30(34)31(27)22-8-6-7-19(3)15-22/h6-16,18,27,32H,17H2,1-5H3/b28-26+. The molecule has 0 radical (unpaired) electrons. The summed E-state index contributed by atoms with van der Waals surface area (Å²) in [5.41, 5.74) is 3.47. The molecule has 3 aromatic carbocycles. The van der Waals surface area contributed by atoms with Crippen LogP contribution in [0.2, 0.25) is 0 Å². The first-order valence-corrected chi connectivity index (χ1v) is 12.0. The second-order valence-electron chi connectivity index (χ2n) is 9.49. The quantitative estimate of drug-likeness (QED) is 0.253. The van der Waals surface area contributed by atoms with E-state index in [1.807, 2.05) is 62.4 Å². The molecule has 1 aliphatic heterocycles. The van der Waals surface area contributed by atoms with Gasteiger partial charge in [0.2, 0.25) is 0 Å². The summed E-state index contributed by atoms with van der Waals surface area (Å²) in [5, 5.41) is 11.5. The summed E-state index contributed by atoms with van der Waals surface area (Å²) in [6, 6.07) is 19.2. The minimum atomic E-state index is -0.823. The van der Waals surface area contributed by atoms with Crippen LogP contribution < -0.4 is 14.4 Å². The fraction of sp³-hybridized carbons (Fsp3) is 0.267. The van der Waals surface area contributed by atoms with E-state index in [1.165, 1.54) is 12.0 Å². The van der Waals surface area contributed by atoms with Crippen LogP contribution in [-0.2, 0) is 9.59 Å². The van der Waals surface area contributed by atoms with E-state index in [-0.39, 0.29) is 11.3 Å². The number of rotatable bonds is 7. The predicted octanol–water partition coefficient (Wildman–Crippen LogP) is 5.97. The number of hydrogen-bond donors (Lipinski definition) is 1. The Labute approximate surface area is 211 Å². The number of carbonyl (C=O) groups is 2. The SMILES string of the molecule is COc1ccc(C)cc1/C(O)=C1\C(=O)C(=O)N(c2cccc(C)c2)C1c1ccc(OCC(C)C)cc1. The van der Waals surface area contributed by atoms with Gasteiger partial charge in [0.1, 0.15) is 17.3 Å². The van der Waals surface area contributed by atoms with Crippen LogP contribution in [0.25, 0.3) is 5.76 Å². The van der Waals surface area contributed by atoms with Gasteiger partial charge in [-0.25, -0.2) is 0 Å². The molecule has 1 unspecified atom stereocenters. The van der Waals surface area contributed by atoms with Crippen LogP contribution in [0, 0.1) is 19.8 Å². The van der Waals surface area contributed by atoms with Crippen LogP contribution >= 0.6 is 0 Å². The normalized spacial score (nSPS) is 17.1. The number of methoxy groups -OCH3 is 1. The number of aliphatic hydroxyl groups excluding tert-OH is 1. The van der Waals surface area contributed by atoms with E-state index in [9.17, 15) is 14.7 Å². The number of aliphatic hydroxyl groups is 1. The molecule has 0 spiro atoms. The summed E-state index contributed by atoms with van der Waals surface area (Å²) in [4.78, 5) is 28.3. The van der Waals surface area contributed by atoms with Gasteiger partial charge in [0, 0.05) is 5.69 Å². The Morgan fingerprint density at radius 3 is 2.31 bits per heavy atom. The lowest BCUT2D eigenvalue weighted by Crippen LogP contribution is -2.29. The smallest absolute Gasteiger partial charge is 0.300 e. The maximum absolute atomic E-state index is 13.4. The van der Waals surface area contributed by atoms with E-state index in [4.69, 9.17) is 9.47 Å². The van der Waals surface area contributed by atoms with Crippen molar-refractivity contribution in [1.29, 1.82) is 0 Å². The maximum Gasteiger partial charge on any atom is 0.300 e. The van der Waals surface area contributed by atoms with E-state index in [0.717, 1.165) is 11.1 Å². The fourth-order valence-corrected chi connectivity index (χ4v) is 4.35. The zero-order valence-electron chi connectivity index (χ0n) is 21.2. The molecule has 1 aliphatic rings. The van der Waals surface area contributed by atoms with Crippen LogP contribution in [0.5, 0.6) is 11.5 Å². The monoisotopic (exact) mass is 485 g/mol. The third kappa shape index (κ3) is 4.85. The van der Waals surface area contributed by atoms with Gasteiger partial charge in [-0.3, -0.25) is 14.5 Å². The second kappa shape index (κ2) is 10.3. The van der Waals surface area contributed by atoms with Gasteiger partial charge in [0.15, 0.2) is 0 Å². The van der Waals surface area contributed by atoms with Crippen molar-refractivity contribution in [2.75, 3.05) is 18.6 Å². The maximum atomic E-state index is 13.4. The molecule has 3 aromatic rings. The van der Waals surface area contributed by atoms with Crippen molar-refractivity contribution in [3.8, 4) is 11.5 Å². The zero-order chi connectivity index (χ0) is 26.0. The third-order valence-corrected chi connectivity index (χ3v) is 6.11. The van der Waals surface area contributed by atoms with Gasteiger partial charge < -0.3 is 14.6 Å². The Hall–Kier alpha value is -4.06. The molecule has 186 valence electrons. The fourth-order valence-electron chi connectivity index (χ4n) is 4.35. The van der Waals surface area contributed by atoms with Crippen molar-refractivity contribution in [2.45, 2.75) is 33.7 Å². The van der Waals surface area contributed by atoms with Crippen molar-refractivity contribution < 1.29 is 24.2 Å². The number of ketones is 1. The molecule has 0 saturated carbocycles. The van der Waals surface area contributed by atoms with E-state index in [2.05, 4.69) is 13.8 Å². The Morgan fingerprint density at radius 1 is 0.972 bits per heavy atom. The zero-order valence-corrected chi connectivity index (χ0v) is 21.2. The average Bonchev–Trinajstić information content (AvgIpc) is 3.13.